The number of nitrogens with one attached hydrogen (secondary N) is 1. The van der Waals surface area contributed by atoms with Gasteiger partial charge < -0.3 is 4.74 Å². The first-order valence-corrected chi connectivity index (χ1v) is 8.33. The van der Waals surface area contributed by atoms with E-state index in [0.29, 0.717) is 22.6 Å². The highest BCUT2D eigenvalue weighted by Gasteiger charge is 2.32. The number of rotatable bonds is 3. The van der Waals surface area contributed by atoms with E-state index in [0.717, 1.165) is 11.1 Å². The molecule has 1 unspecified atom stereocenters. The SMILES string of the molecule is O=C1/C(=C\c2cccc(NO)c2)C(c2ccccc2)Oc2ccccc21. The Bertz CT molecular complexity index is 979. The van der Waals surface area contributed by atoms with Gasteiger partial charge in [0, 0.05) is 5.57 Å². The molecule has 3 aromatic rings. The summed E-state index contributed by atoms with van der Waals surface area (Å²) in [6.45, 7) is 0. The van der Waals surface area contributed by atoms with Gasteiger partial charge in [-0.15, -0.1) is 0 Å². The second-order valence-corrected chi connectivity index (χ2v) is 6.07. The van der Waals surface area contributed by atoms with Crippen LogP contribution in [0.1, 0.15) is 27.6 Å². The first-order chi connectivity index (χ1) is 12.8. The molecule has 0 radical (unpaired) electrons. The van der Waals surface area contributed by atoms with E-state index in [4.69, 9.17) is 9.94 Å². The standard InChI is InChI=1S/C22H17NO3/c24-21-18-11-4-5-12-20(18)26-22(16-8-2-1-3-9-16)19(21)14-15-7-6-10-17(13-15)23-25/h1-14,22-23,25H/b19-14+. The molecule has 26 heavy (non-hydrogen) atoms. The van der Waals surface area contributed by atoms with Crippen molar-refractivity contribution in [1.82, 2.24) is 0 Å². The Hall–Kier alpha value is -3.37. The van der Waals surface area contributed by atoms with E-state index in [1.165, 1.54) is 0 Å². The quantitative estimate of drug-likeness (QED) is 0.525. The Labute approximate surface area is 151 Å². The lowest BCUT2D eigenvalue weighted by molar-refractivity contribution is 0.0963. The third-order valence-electron chi connectivity index (χ3n) is 4.36. The summed E-state index contributed by atoms with van der Waals surface area (Å²) in [5, 5.41) is 9.12. The first-order valence-electron chi connectivity index (χ1n) is 8.33. The fourth-order valence-corrected chi connectivity index (χ4v) is 3.12. The molecule has 2 N–H and O–H groups in total. The number of anilines is 1. The fourth-order valence-electron chi connectivity index (χ4n) is 3.12. The number of para-hydroxylation sites is 1. The van der Waals surface area contributed by atoms with Gasteiger partial charge in [0.05, 0.1) is 11.3 Å². The third kappa shape index (κ3) is 2.98. The summed E-state index contributed by atoms with van der Waals surface area (Å²) in [5.74, 6) is 0.539. The van der Waals surface area contributed by atoms with Gasteiger partial charge in [0.15, 0.2) is 11.9 Å². The molecule has 4 rings (SSSR count). The van der Waals surface area contributed by atoms with Crippen molar-refractivity contribution < 1.29 is 14.7 Å². The number of ether oxygens (including phenoxy) is 1. The largest absolute Gasteiger partial charge is 0.480 e. The van der Waals surface area contributed by atoms with Crippen LogP contribution in [0.5, 0.6) is 5.75 Å². The molecule has 128 valence electrons. The van der Waals surface area contributed by atoms with Crippen LogP contribution in [0.3, 0.4) is 0 Å². The zero-order valence-corrected chi connectivity index (χ0v) is 13.9. The van der Waals surface area contributed by atoms with Crippen molar-refractivity contribution in [2.24, 2.45) is 0 Å². The van der Waals surface area contributed by atoms with Gasteiger partial charge in [-0.25, -0.2) is 0 Å². The van der Waals surface area contributed by atoms with E-state index in [1.807, 2.05) is 66.7 Å². The average molecular weight is 343 g/mol. The van der Waals surface area contributed by atoms with Gasteiger partial charge in [-0.1, -0.05) is 54.6 Å². The molecule has 0 saturated heterocycles. The van der Waals surface area contributed by atoms with E-state index < -0.39 is 6.10 Å². The molecule has 4 heteroatoms. The van der Waals surface area contributed by atoms with Crippen LogP contribution >= 0.6 is 0 Å². The molecular formula is C22H17NO3. The van der Waals surface area contributed by atoms with Gasteiger partial charge in [-0.2, -0.15) is 0 Å². The van der Waals surface area contributed by atoms with Crippen LogP contribution in [-0.4, -0.2) is 11.0 Å². The molecule has 0 spiro atoms. The molecule has 0 fully saturated rings. The molecule has 1 aliphatic rings. The minimum atomic E-state index is -0.482. The van der Waals surface area contributed by atoms with Crippen molar-refractivity contribution in [2.45, 2.75) is 6.10 Å². The van der Waals surface area contributed by atoms with Crippen LogP contribution in [-0.2, 0) is 0 Å². The predicted octanol–water partition coefficient (Wildman–Crippen LogP) is 4.89. The molecule has 1 aliphatic heterocycles. The molecule has 1 heterocycles. The maximum atomic E-state index is 13.1. The lowest BCUT2D eigenvalue weighted by Crippen LogP contribution is -2.23. The van der Waals surface area contributed by atoms with E-state index in [9.17, 15) is 4.79 Å². The monoisotopic (exact) mass is 343 g/mol. The maximum absolute atomic E-state index is 13.1. The van der Waals surface area contributed by atoms with E-state index in [1.54, 1.807) is 18.2 Å². The highest BCUT2D eigenvalue weighted by Crippen LogP contribution is 2.39. The Morgan fingerprint density at radius 2 is 1.69 bits per heavy atom. The van der Waals surface area contributed by atoms with E-state index in [-0.39, 0.29) is 5.78 Å². The van der Waals surface area contributed by atoms with Crippen LogP contribution < -0.4 is 10.2 Å². The summed E-state index contributed by atoms with van der Waals surface area (Å²) in [5.41, 5.74) is 5.52. The molecule has 0 aliphatic carbocycles. The van der Waals surface area contributed by atoms with Gasteiger partial charge >= 0.3 is 0 Å². The van der Waals surface area contributed by atoms with Gasteiger partial charge in [0.1, 0.15) is 5.75 Å². The van der Waals surface area contributed by atoms with Crippen molar-refractivity contribution in [3.8, 4) is 5.75 Å². The zero-order valence-electron chi connectivity index (χ0n) is 13.9. The highest BCUT2D eigenvalue weighted by molar-refractivity contribution is 6.14. The molecule has 0 saturated carbocycles. The molecule has 1 atom stereocenters. The third-order valence-corrected chi connectivity index (χ3v) is 4.36. The van der Waals surface area contributed by atoms with Crippen molar-refractivity contribution >= 4 is 17.5 Å². The Morgan fingerprint density at radius 3 is 2.50 bits per heavy atom. The van der Waals surface area contributed by atoms with Crippen molar-refractivity contribution in [2.75, 3.05) is 5.48 Å². The Morgan fingerprint density at radius 1 is 0.923 bits per heavy atom. The van der Waals surface area contributed by atoms with Crippen molar-refractivity contribution in [3.63, 3.8) is 0 Å². The van der Waals surface area contributed by atoms with Crippen molar-refractivity contribution in [1.29, 1.82) is 0 Å². The summed E-state index contributed by atoms with van der Waals surface area (Å²) in [6.07, 6.45) is 1.33. The molecule has 0 amide bonds. The number of carbonyl (C=O) groups is 1. The van der Waals surface area contributed by atoms with Crippen LogP contribution in [0, 0.1) is 0 Å². The Balaban J connectivity index is 1.85. The lowest BCUT2D eigenvalue weighted by Gasteiger charge is -2.28. The number of hydrogen-bond acceptors (Lipinski definition) is 4. The van der Waals surface area contributed by atoms with Crippen LogP contribution in [0.2, 0.25) is 0 Å². The summed E-state index contributed by atoms with van der Waals surface area (Å²) >= 11 is 0. The molecule has 0 bridgehead atoms. The molecule has 4 nitrogen and oxygen atoms in total. The number of ketones is 1. The van der Waals surface area contributed by atoms with Gasteiger partial charge in [-0.3, -0.25) is 15.5 Å². The Kier molecular flexibility index (Phi) is 4.25. The highest BCUT2D eigenvalue weighted by atomic mass is 16.5. The number of Topliss-reactive ketones (excluding diaryl/α,β-unsaturated/α-hetero) is 1. The lowest BCUT2D eigenvalue weighted by atomic mass is 9.89. The van der Waals surface area contributed by atoms with Crippen molar-refractivity contribution in [3.05, 3.63) is 101 Å². The van der Waals surface area contributed by atoms with Crippen LogP contribution in [0.4, 0.5) is 5.69 Å². The smallest absolute Gasteiger partial charge is 0.196 e. The normalized spacial score (nSPS) is 17.5. The molecule has 0 aromatic heterocycles. The summed E-state index contributed by atoms with van der Waals surface area (Å²) in [6, 6.07) is 24.2. The summed E-state index contributed by atoms with van der Waals surface area (Å²) in [7, 11) is 0. The second kappa shape index (κ2) is 6.86. The number of hydrogen-bond donors (Lipinski definition) is 2. The predicted molar refractivity (Wildman–Crippen MR) is 100 cm³/mol. The summed E-state index contributed by atoms with van der Waals surface area (Å²) < 4.78 is 6.18. The second-order valence-electron chi connectivity index (χ2n) is 6.07. The number of fused-ring (bicyclic) bond motifs is 1. The van der Waals surface area contributed by atoms with Gasteiger partial charge in [0.2, 0.25) is 0 Å². The number of carbonyl (C=O) groups excluding carboxylic acids is 1. The number of benzene rings is 3. The van der Waals surface area contributed by atoms with Crippen LogP contribution in [0.15, 0.2) is 84.4 Å². The topological polar surface area (TPSA) is 58.6 Å². The van der Waals surface area contributed by atoms with Gasteiger partial charge in [-0.05, 0) is 41.5 Å². The molecular weight excluding hydrogens is 326 g/mol. The van der Waals surface area contributed by atoms with Crippen LogP contribution in [0.25, 0.3) is 6.08 Å². The molecule has 3 aromatic carbocycles. The maximum Gasteiger partial charge on any atom is 0.196 e. The fraction of sp³-hybridized carbons (Fsp3) is 0.0455. The minimum absolute atomic E-state index is 0.0527. The first kappa shape index (κ1) is 16.1. The van der Waals surface area contributed by atoms with Gasteiger partial charge in [0.25, 0.3) is 0 Å². The van der Waals surface area contributed by atoms with E-state index >= 15 is 0 Å². The minimum Gasteiger partial charge on any atom is -0.480 e. The zero-order chi connectivity index (χ0) is 17.9. The van der Waals surface area contributed by atoms with E-state index in [2.05, 4.69) is 5.48 Å². The average Bonchev–Trinajstić information content (AvgIpc) is 2.71. The summed E-state index contributed by atoms with van der Waals surface area (Å²) in [4.78, 5) is 13.1.